The van der Waals surface area contributed by atoms with Crippen LogP contribution < -0.4 is 15.6 Å². The van der Waals surface area contributed by atoms with Crippen LogP contribution in [0.25, 0.3) is 16.9 Å². The third-order valence-electron chi connectivity index (χ3n) is 4.73. The lowest BCUT2D eigenvalue weighted by molar-refractivity contribution is 0.199. The molecule has 160 valence electrons. The van der Waals surface area contributed by atoms with Gasteiger partial charge >= 0.3 is 0 Å². The van der Waals surface area contributed by atoms with Crippen LogP contribution in [-0.2, 0) is 7.05 Å². The van der Waals surface area contributed by atoms with Crippen LogP contribution in [0.1, 0.15) is 11.4 Å². The largest absolute Gasteiger partial charge is 0.485 e. The molecule has 0 saturated carbocycles. The Bertz CT molecular complexity index is 1330. The molecule has 4 rings (SSSR count). The number of nitrogens with zero attached hydrogens (tertiary/aromatic N) is 5. The van der Waals surface area contributed by atoms with E-state index in [-0.39, 0.29) is 24.5 Å². The van der Waals surface area contributed by atoms with Gasteiger partial charge in [-0.1, -0.05) is 11.6 Å². The summed E-state index contributed by atoms with van der Waals surface area (Å²) in [6, 6.07) is 9.11. The highest BCUT2D eigenvalue weighted by Crippen LogP contribution is 2.27. The number of aliphatic hydroxyl groups excluding tert-OH is 1. The molecule has 31 heavy (non-hydrogen) atoms. The number of nitrogens with one attached hydrogen (secondary N) is 1. The maximum Gasteiger partial charge on any atom is 0.293 e. The van der Waals surface area contributed by atoms with Crippen LogP contribution in [-0.4, -0.2) is 42.6 Å². The predicted octanol–water partition coefficient (Wildman–Crippen LogP) is 2.90. The van der Waals surface area contributed by atoms with E-state index < -0.39 is 0 Å². The third kappa shape index (κ3) is 4.10. The van der Waals surface area contributed by atoms with E-state index in [0.717, 1.165) is 28.0 Å². The highest BCUT2D eigenvalue weighted by atomic mass is 35.5. The highest BCUT2D eigenvalue weighted by molar-refractivity contribution is 6.32. The Labute approximate surface area is 182 Å². The Hall–Kier alpha value is -3.43. The summed E-state index contributed by atoms with van der Waals surface area (Å²) in [5.41, 5.74) is 2.97. The number of fused-ring (bicyclic) bond motifs is 1. The number of halogens is 1. The van der Waals surface area contributed by atoms with Crippen molar-refractivity contribution in [2.24, 2.45) is 7.05 Å². The summed E-state index contributed by atoms with van der Waals surface area (Å²) < 4.78 is 8.53. The summed E-state index contributed by atoms with van der Waals surface area (Å²) in [6.07, 6.45) is 1.52. The van der Waals surface area contributed by atoms with Gasteiger partial charge in [0.15, 0.2) is 11.6 Å². The van der Waals surface area contributed by atoms with Gasteiger partial charge in [-0.05, 0) is 44.2 Å². The lowest BCUT2D eigenvalue weighted by Crippen LogP contribution is -2.20. The summed E-state index contributed by atoms with van der Waals surface area (Å²) in [5, 5.41) is 17.7. The quantitative estimate of drug-likeness (QED) is 0.474. The number of aromatic nitrogens is 5. The summed E-state index contributed by atoms with van der Waals surface area (Å²) in [4.78, 5) is 21.2. The predicted molar refractivity (Wildman–Crippen MR) is 119 cm³/mol. The van der Waals surface area contributed by atoms with Gasteiger partial charge in [0.05, 0.1) is 24.0 Å². The van der Waals surface area contributed by atoms with E-state index in [1.165, 1.54) is 10.8 Å². The van der Waals surface area contributed by atoms with Crippen LogP contribution in [0.5, 0.6) is 5.75 Å². The first-order chi connectivity index (χ1) is 14.9. The summed E-state index contributed by atoms with van der Waals surface area (Å²) >= 11 is 6.32. The monoisotopic (exact) mass is 440 g/mol. The van der Waals surface area contributed by atoms with Crippen LogP contribution in [0.2, 0.25) is 5.02 Å². The highest BCUT2D eigenvalue weighted by Gasteiger charge is 2.12. The number of aliphatic hydroxyl groups is 1. The molecule has 0 aliphatic carbocycles. The number of aryl methyl sites for hydroxylation is 3. The molecule has 4 aromatic rings. The fourth-order valence-corrected chi connectivity index (χ4v) is 3.44. The molecule has 10 heteroatoms. The number of benzene rings is 1. The molecule has 0 saturated heterocycles. The first-order valence-electron chi connectivity index (χ1n) is 9.58. The Morgan fingerprint density at radius 3 is 2.74 bits per heavy atom. The maximum atomic E-state index is 12.4. The molecule has 9 nitrogen and oxygen atoms in total. The van der Waals surface area contributed by atoms with Crippen molar-refractivity contribution < 1.29 is 9.84 Å². The summed E-state index contributed by atoms with van der Waals surface area (Å²) in [6.45, 7) is 3.70. The lowest BCUT2D eigenvalue weighted by atomic mass is 10.2. The van der Waals surface area contributed by atoms with Crippen LogP contribution in [0.4, 0.5) is 11.5 Å². The number of anilines is 2. The van der Waals surface area contributed by atoms with Crippen molar-refractivity contribution in [3.8, 4) is 11.7 Å². The molecule has 0 radical (unpaired) electrons. The van der Waals surface area contributed by atoms with E-state index in [1.807, 2.05) is 38.1 Å². The van der Waals surface area contributed by atoms with Crippen molar-refractivity contribution in [2.45, 2.75) is 13.8 Å². The second-order valence-electron chi connectivity index (χ2n) is 7.05. The second-order valence-corrected chi connectivity index (χ2v) is 7.46. The molecule has 0 aliphatic rings. The Balaban J connectivity index is 1.71. The Morgan fingerprint density at radius 1 is 1.23 bits per heavy atom. The van der Waals surface area contributed by atoms with Gasteiger partial charge in [0.1, 0.15) is 11.6 Å². The number of ether oxygens (including phenoxy) is 1. The minimum absolute atomic E-state index is 0.0460. The molecular weight excluding hydrogens is 420 g/mol. The van der Waals surface area contributed by atoms with Crippen LogP contribution in [0, 0.1) is 13.8 Å². The second kappa shape index (κ2) is 8.37. The molecule has 0 fully saturated rings. The average molecular weight is 441 g/mol. The fourth-order valence-electron chi connectivity index (χ4n) is 3.31. The zero-order valence-corrected chi connectivity index (χ0v) is 18.0. The van der Waals surface area contributed by atoms with Gasteiger partial charge in [0.2, 0.25) is 0 Å². The van der Waals surface area contributed by atoms with Gasteiger partial charge in [-0.25, -0.2) is 9.67 Å². The van der Waals surface area contributed by atoms with Crippen molar-refractivity contribution in [1.29, 1.82) is 0 Å². The van der Waals surface area contributed by atoms with Crippen LogP contribution >= 0.6 is 11.6 Å². The van der Waals surface area contributed by atoms with Crippen molar-refractivity contribution in [2.75, 3.05) is 18.5 Å². The minimum atomic E-state index is -0.268. The van der Waals surface area contributed by atoms with Crippen molar-refractivity contribution in [3.05, 3.63) is 63.3 Å². The molecule has 1 aromatic carbocycles. The Morgan fingerprint density at radius 2 is 2.03 bits per heavy atom. The van der Waals surface area contributed by atoms with E-state index in [0.29, 0.717) is 16.8 Å². The van der Waals surface area contributed by atoms with Crippen molar-refractivity contribution in [1.82, 2.24) is 24.3 Å². The normalized spacial score (nSPS) is 11.1. The number of hydrogen-bond acceptors (Lipinski definition) is 7. The molecule has 0 unspecified atom stereocenters. The minimum Gasteiger partial charge on any atom is -0.485 e. The third-order valence-corrected chi connectivity index (χ3v) is 5.01. The maximum absolute atomic E-state index is 12.4. The van der Waals surface area contributed by atoms with E-state index in [2.05, 4.69) is 20.4 Å². The number of rotatable bonds is 6. The van der Waals surface area contributed by atoms with E-state index in [4.69, 9.17) is 21.4 Å². The number of pyridine rings is 1. The van der Waals surface area contributed by atoms with E-state index in [1.54, 1.807) is 17.8 Å². The van der Waals surface area contributed by atoms with Crippen molar-refractivity contribution >= 4 is 34.0 Å². The molecule has 0 aliphatic heterocycles. The first kappa shape index (κ1) is 20.8. The number of hydrogen-bond donors (Lipinski definition) is 2. The molecular formula is C21H21ClN6O3. The zero-order chi connectivity index (χ0) is 22.1. The average Bonchev–Trinajstić information content (AvgIpc) is 3.09. The zero-order valence-electron chi connectivity index (χ0n) is 17.3. The van der Waals surface area contributed by atoms with E-state index in [9.17, 15) is 4.79 Å². The molecule has 3 heterocycles. The molecule has 2 N–H and O–H groups in total. The topological polar surface area (TPSA) is 107 Å². The first-order valence-corrected chi connectivity index (χ1v) is 9.96. The Kier molecular flexibility index (Phi) is 5.62. The molecule has 0 bridgehead atoms. The fraction of sp³-hybridized carbons (Fsp3) is 0.238. The standard InChI is InChI=1S/C21H21ClN6O3/c1-12-8-13(2)28(26-12)21-23-11-16(22)19(25-21)24-15-4-5-17-14(9-15)10-18(31-7-6-29)20(30)27(17)3/h4-5,8-11,29H,6-7H2,1-3H3,(H,23,24,25). The van der Waals surface area contributed by atoms with Crippen LogP contribution in [0.15, 0.2) is 41.3 Å². The van der Waals surface area contributed by atoms with Gasteiger partial charge in [-0.15, -0.1) is 0 Å². The van der Waals surface area contributed by atoms with Gasteiger partial charge < -0.3 is 19.7 Å². The van der Waals surface area contributed by atoms with Gasteiger partial charge in [0, 0.05) is 23.8 Å². The van der Waals surface area contributed by atoms with Crippen molar-refractivity contribution in [3.63, 3.8) is 0 Å². The van der Waals surface area contributed by atoms with Gasteiger partial charge in [-0.3, -0.25) is 4.79 Å². The van der Waals surface area contributed by atoms with Gasteiger partial charge in [0.25, 0.3) is 11.5 Å². The smallest absolute Gasteiger partial charge is 0.293 e. The molecule has 3 aromatic heterocycles. The van der Waals surface area contributed by atoms with Crippen LogP contribution in [0.3, 0.4) is 0 Å². The van der Waals surface area contributed by atoms with Gasteiger partial charge in [-0.2, -0.15) is 10.1 Å². The summed E-state index contributed by atoms with van der Waals surface area (Å²) in [5.74, 6) is 1.01. The summed E-state index contributed by atoms with van der Waals surface area (Å²) in [7, 11) is 1.67. The van der Waals surface area contributed by atoms with E-state index >= 15 is 0 Å². The molecule has 0 amide bonds. The lowest BCUT2D eigenvalue weighted by Gasteiger charge is -2.13. The molecule has 0 atom stereocenters. The SMILES string of the molecule is Cc1cc(C)n(-c2ncc(Cl)c(Nc3ccc4c(c3)cc(OCCO)c(=O)n4C)n2)n1. The molecule has 0 spiro atoms.